The van der Waals surface area contributed by atoms with Crippen molar-refractivity contribution in [2.24, 2.45) is 0 Å². The highest BCUT2D eigenvalue weighted by atomic mass is 35.5. The van der Waals surface area contributed by atoms with Gasteiger partial charge in [-0.2, -0.15) is 0 Å². The highest BCUT2D eigenvalue weighted by molar-refractivity contribution is 6.51. The van der Waals surface area contributed by atoms with Gasteiger partial charge < -0.3 is 5.32 Å². The Labute approximate surface area is 110 Å². The van der Waals surface area contributed by atoms with Crippen LogP contribution >= 0.6 is 46.4 Å². The molecule has 5 heteroatoms. The molecule has 0 saturated heterocycles. The minimum Gasteiger partial charge on any atom is -0.310 e. The zero-order valence-electron chi connectivity index (χ0n) is 8.37. The molecular weight excluding hydrogens is 276 g/mol. The number of benzene rings is 1. The Balaban J connectivity index is 2.99. The van der Waals surface area contributed by atoms with Crippen molar-refractivity contribution in [3.05, 3.63) is 31.7 Å². The second kappa shape index (κ2) is 5.60. The first-order chi connectivity index (χ1) is 6.93. The molecule has 84 valence electrons. The van der Waals surface area contributed by atoms with Gasteiger partial charge in [-0.05, 0) is 11.6 Å². The molecule has 0 radical (unpaired) electrons. The molecular formula is C10H11Cl4N. The van der Waals surface area contributed by atoms with E-state index in [-0.39, 0.29) is 0 Å². The largest absolute Gasteiger partial charge is 0.310 e. The van der Waals surface area contributed by atoms with Gasteiger partial charge in [-0.25, -0.2) is 0 Å². The van der Waals surface area contributed by atoms with E-state index in [9.17, 15) is 0 Å². The van der Waals surface area contributed by atoms with E-state index in [4.69, 9.17) is 46.4 Å². The van der Waals surface area contributed by atoms with Gasteiger partial charge >= 0.3 is 0 Å². The summed E-state index contributed by atoms with van der Waals surface area (Å²) in [4.78, 5) is 0. The van der Waals surface area contributed by atoms with Crippen LogP contribution in [0, 0.1) is 0 Å². The summed E-state index contributed by atoms with van der Waals surface area (Å²) in [6.45, 7) is 4.72. The van der Waals surface area contributed by atoms with Gasteiger partial charge in [0.2, 0.25) is 0 Å². The minimum absolute atomic E-state index is 0.302. The van der Waals surface area contributed by atoms with E-state index in [0.717, 1.165) is 5.56 Å². The third kappa shape index (κ3) is 3.40. The summed E-state index contributed by atoms with van der Waals surface area (Å²) in [5, 5.41) is 4.73. The fourth-order valence-electron chi connectivity index (χ4n) is 1.06. The Morgan fingerprint density at radius 3 is 2.20 bits per heavy atom. The van der Waals surface area contributed by atoms with E-state index < -0.39 is 0 Å². The lowest BCUT2D eigenvalue weighted by Crippen LogP contribution is -2.22. The quantitative estimate of drug-likeness (QED) is 0.622. The molecule has 0 saturated carbocycles. The maximum absolute atomic E-state index is 6.04. The zero-order chi connectivity index (χ0) is 11.6. The third-order valence-electron chi connectivity index (χ3n) is 1.88. The molecule has 0 atom stereocenters. The standard InChI is InChI=1S/C10H11Cl4N/c1-5(2)15-4-6-3-7(11)9(13)10(14)8(6)12/h3,5,15H,4H2,1-2H3. The minimum atomic E-state index is 0.302. The van der Waals surface area contributed by atoms with Crippen LogP contribution in [0.4, 0.5) is 0 Å². The van der Waals surface area contributed by atoms with Gasteiger partial charge in [-0.1, -0.05) is 60.3 Å². The van der Waals surface area contributed by atoms with Crippen LogP contribution in [0.3, 0.4) is 0 Å². The van der Waals surface area contributed by atoms with Crippen molar-refractivity contribution in [2.45, 2.75) is 26.4 Å². The van der Waals surface area contributed by atoms with E-state index in [2.05, 4.69) is 5.32 Å². The van der Waals surface area contributed by atoms with Crippen LogP contribution in [-0.4, -0.2) is 6.04 Å². The fraction of sp³-hybridized carbons (Fsp3) is 0.400. The lowest BCUT2D eigenvalue weighted by atomic mass is 10.2. The van der Waals surface area contributed by atoms with Gasteiger partial charge in [0.1, 0.15) is 0 Å². The van der Waals surface area contributed by atoms with Gasteiger partial charge in [0.15, 0.2) is 0 Å². The van der Waals surface area contributed by atoms with Crippen LogP contribution in [0.2, 0.25) is 20.1 Å². The maximum Gasteiger partial charge on any atom is 0.0797 e. The highest BCUT2D eigenvalue weighted by Gasteiger charge is 2.12. The Kier molecular flexibility index (Phi) is 5.01. The van der Waals surface area contributed by atoms with Crippen molar-refractivity contribution < 1.29 is 0 Å². The van der Waals surface area contributed by atoms with Gasteiger partial charge in [0, 0.05) is 12.6 Å². The van der Waals surface area contributed by atoms with Crippen molar-refractivity contribution in [3.8, 4) is 0 Å². The number of hydrogen-bond acceptors (Lipinski definition) is 1. The SMILES string of the molecule is CC(C)NCc1cc(Cl)c(Cl)c(Cl)c1Cl. The second-order valence-electron chi connectivity index (χ2n) is 3.50. The van der Waals surface area contributed by atoms with Crippen LogP contribution in [0.1, 0.15) is 19.4 Å². The Morgan fingerprint density at radius 1 is 1.07 bits per heavy atom. The summed E-state index contributed by atoms with van der Waals surface area (Å²) in [5.74, 6) is 0. The molecule has 1 aromatic carbocycles. The highest BCUT2D eigenvalue weighted by Crippen LogP contribution is 2.38. The number of hydrogen-bond donors (Lipinski definition) is 1. The topological polar surface area (TPSA) is 12.0 Å². The molecule has 1 aromatic rings. The number of nitrogens with one attached hydrogen (secondary N) is 1. The predicted molar refractivity (Wildman–Crippen MR) is 68.5 cm³/mol. The predicted octanol–water partition coefficient (Wildman–Crippen LogP) is 4.80. The summed E-state index contributed by atoms with van der Waals surface area (Å²) in [5.41, 5.74) is 0.852. The van der Waals surface area contributed by atoms with Crippen molar-refractivity contribution in [3.63, 3.8) is 0 Å². The lowest BCUT2D eigenvalue weighted by molar-refractivity contribution is 0.589. The average Bonchev–Trinajstić information content (AvgIpc) is 2.18. The number of halogens is 4. The van der Waals surface area contributed by atoms with Crippen molar-refractivity contribution in [1.82, 2.24) is 5.32 Å². The van der Waals surface area contributed by atoms with Crippen LogP contribution in [-0.2, 0) is 6.54 Å². The summed E-state index contributed by atoms with van der Waals surface area (Å²) in [7, 11) is 0. The third-order valence-corrected chi connectivity index (χ3v) is 3.67. The molecule has 1 N–H and O–H groups in total. The molecule has 0 unspecified atom stereocenters. The van der Waals surface area contributed by atoms with Crippen LogP contribution < -0.4 is 5.32 Å². The second-order valence-corrected chi connectivity index (χ2v) is 5.04. The smallest absolute Gasteiger partial charge is 0.0797 e. The maximum atomic E-state index is 6.04. The lowest BCUT2D eigenvalue weighted by Gasteiger charge is -2.12. The normalized spacial score (nSPS) is 11.1. The molecule has 1 rings (SSSR count). The van der Waals surface area contributed by atoms with Gasteiger partial charge in [0.05, 0.1) is 20.1 Å². The van der Waals surface area contributed by atoms with Gasteiger partial charge in [-0.3, -0.25) is 0 Å². The van der Waals surface area contributed by atoms with E-state index in [0.29, 0.717) is 32.7 Å². The summed E-state index contributed by atoms with van der Waals surface area (Å²) >= 11 is 23.7. The molecule has 0 amide bonds. The molecule has 0 aliphatic heterocycles. The van der Waals surface area contributed by atoms with Crippen molar-refractivity contribution in [1.29, 1.82) is 0 Å². The molecule has 15 heavy (non-hydrogen) atoms. The Bertz CT molecular complexity index is 363. The first-order valence-corrected chi connectivity index (χ1v) is 6.00. The summed E-state index contributed by atoms with van der Waals surface area (Å²) in [6.07, 6.45) is 0. The monoisotopic (exact) mass is 285 g/mol. The van der Waals surface area contributed by atoms with E-state index >= 15 is 0 Å². The molecule has 0 spiro atoms. The fourth-order valence-corrected chi connectivity index (χ4v) is 1.98. The molecule has 0 fully saturated rings. The first-order valence-electron chi connectivity index (χ1n) is 4.48. The van der Waals surface area contributed by atoms with E-state index in [1.807, 2.05) is 13.8 Å². The van der Waals surface area contributed by atoms with E-state index in [1.54, 1.807) is 6.07 Å². The molecule has 0 aromatic heterocycles. The van der Waals surface area contributed by atoms with Gasteiger partial charge in [0.25, 0.3) is 0 Å². The van der Waals surface area contributed by atoms with E-state index in [1.165, 1.54) is 0 Å². The zero-order valence-corrected chi connectivity index (χ0v) is 11.4. The van der Waals surface area contributed by atoms with Gasteiger partial charge in [-0.15, -0.1) is 0 Å². The summed E-state index contributed by atoms with van der Waals surface area (Å²) in [6, 6.07) is 2.10. The van der Waals surface area contributed by atoms with Crippen LogP contribution in [0.25, 0.3) is 0 Å². The van der Waals surface area contributed by atoms with Crippen molar-refractivity contribution in [2.75, 3.05) is 0 Å². The average molecular weight is 287 g/mol. The molecule has 0 aliphatic carbocycles. The van der Waals surface area contributed by atoms with Crippen LogP contribution in [0.5, 0.6) is 0 Å². The Morgan fingerprint density at radius 2 is 1.67 bits per heavy atom. The molecule has 0 aliphatic rings. The van der Waals surface area contributed by atoms with Crippen LogP contribution in [0.15, 0.2) is 6.07 Å². The Hall–Kier alpha value is 0.340. The first kappa shape index (κ1) is 13.4. The molecule has 1 nitrogen and oxygen atoms in total. The summed E-state index contributed by atoms with van der Waals surface area (Å²) < 4.78 is 0. The molecule has 0 bridgehead atoms. The number of rotatable bonds is 3. The molecule has 0 heterocycles. The van der Waals surface area contributed by atoms with Crippen molar-refractivity contribution >= 4 is 46.4 Å².